The molecule has 28 heavy (non-hydrogen) atoms. The lowest BCUT2D eigenvalue weighted by Crippen LogP contribution is -2.64. The molecule has 0 radical (unpaired) electrons. The second kappa shape index (κ2) is 7.23. The van der Waals surface area contributed by atoms with Crippen LogP contribution in [0.5, 0.6) is 0 Å². The van der Waals surface area contributed by atoms with Gasteiger partial charge in [-0.2, -0.15) is 0 Å². The number of hydrogen-bond donors (Lipinski definition) is 3. The normalized spacial score (nSPS) is 35.6. The highest BCUT2D eigenvalue weighted by Gasteiger charge is 2.51. The summed E-state index contributed by atoms with van der Waals surface area (Å²) in [6.07, 6.45) is 3.92. The summed E-state index contributed by atoms with van der Waals surface area (Å²) in [5, 5.41) is -0.570. The van der Waals surface area contributed by atoms with Gasteiger partial charge in [-0.05, 0) is 51.4 Å². The van der Waals surface area contributed by atoms with Gasteiger partial charge in [0.1, 0.15) is 0 Å². The van der Waals surface area contributed by atoms with Crippen LogP contribution in [-0.2, 0) is 14.8 Å². The van der Waals surface area contributed by atoms with Crippen molar-refractivity contribution in [2.75, 3.05) is 26.7 Å². The zero-order chi connectivity index (χ0) is 20.1. The van der Waals surface area contributed by atoms with E-state index >= 15 is 0 Å². The molecular formula is C18H31N5O4S. The molecular weight excluding hydrogens is 382 g/mol. The fourth-order valence-corrected chi connectivity index (χ4v) is 6.70. The number of hydrogen-bond acceptors (Lipinski definition) is 6. The molecule has 2 aliphatic carbocycles. The Hall–Kier alpha value is -1.23. The molecule has 0 aromatic carbocycles. The van der Waals surface area contributed by atoms with E-state index in [1.807, 2.05) is 6.92 Å². The van der Waals surface area contributed by atoms with E-state index in [0.717, 1.165) is 25.8 Å². The number of carbonyl (C=O) groups excluding carboxylic acids is 2. The number of sulfonamides is 1. The largest absolute Gasteiger partial charge is 0.326 e. The third-order valence-corrected chi connectivity index (χ3v) is 8.92. The van der Waals surface area contributed by atoms with Crippen LogP contribution in [0.4, 0.5) is 4.79 Å². The molecule has 0 bridgehead atoms. The smallest absolute Gasteiger partial charge is 0.324 e. The number of hydrazine groups is 1. The topological polar surface area (TPSA) is 111 Å². The van der Waals surface area contributed by atoms with Gasteiger partial charge in [0.2, 0.25) is 15.9 Å². The minimum atomic E-state index is -3.47. The molecule has 4 fully saturated rings. The molecule has 4 unspecified atom stereocenters. The van der Waals surface area contributed by atoms with Crippen molar-refractivity contribution in [1.29, 1.82) is 0 Å². The van der Waals surface area contributed by atoms with E-state index in [0.29, 0.717) is 25.9 Å². The molecule has 2 heterocycles. The third-order valence-electron chi connectivity index (χ3n) is 6.84. The average molecular weight is 414 g/mol. The number of amides is 3. The Morgan fingerprint density at radius 3 is 2.57 bits per heavy atom. The second-order valence-electron chi connectivity index (χ2n) is 9.12. The number of imide groups is 1. The second-order valence-corrected chi connectivity index (χ2v) is 11.1. The SMILES string of the molecule is CN1C(=O)N(CC2CCNNC2)C(=O)C2CC(S(=O)(=O)NC3(C)CC3)CCC21. The summed E-state index contributed by atoms with van der Waals surface area (Å²) in [7, 11) is -1.74. The van der Waals surface area contributed by atoms with Crippen LogP contribution < -0.4 is 15.6 Å². The van der Waals surface area contributed by atoms with Crippen molar-refractivity contribution >= 4 is 22.0 Å². The van der Waals surface area contributed by atoms with E-state index in [9.17, 15) is 18.0 Å². The minimum absolute atomic E-state index is 0.203. The number of carbonyl (C=O) groups is 2. The van der Waals surface area contributed by atoms with Gasteiger partial charge in [0.05, 0.1) is 11.2 Å². The first-order valence-corrected chi connectivity index (χ1v) is 11.8. The highest BCUT2D eigenvalue weighted by molar-refractivity contribution is 7.90. The van der Waals surface area contributed by atoms with Gasteiger partial charge >= 0.3 is 6.03 Å². The zero-order valence-electron chi connectivity index (χ0n) is 16.6. The monoisotopic (exact) mass is 413 g/mol. The van der Waals surface area contributed by atoms with E-state index in [1.54, 1.807) is 11.9 Å². The van der Waals surface area contributed by atoms with Crippen molar-refractivity contribution in [1.82, 2.24) is 25.4 Å². The molecule has 10 heteroatoms. The summed E-state index contributed by atoms with van der Waals surface area (Å²) in [4.78, 5) is 29.0. The van der Waals surface area contributed by atoms with E-state index in [2.05, 4.69) is 15.6 Å². The lowest BCUT2D eigenvalue weighted by molar-refractivity contribution is -0.140. The van der Waals surface area contributed by atoms with Crippen LogP contribution in [0.2, 0.25) is 0 Å². The molecule has 158 valence electrons. The van der Waals surface area contributed by atoms with Gasteiger partial charge in [0, 0.05) is 38.3 Å². The molecule has 2 saturated carbocycles. The number of rotatable bonds is 5. The molecule has 3 amide bonds. The molecule has 0 spiro atoms. The van der Waals surface area contributed by atoms with Crippen molar-refractivity contribution in [3.05, 3.63) is 0 Å². The predicted molar refractivity (Wildman–Crippen MR) is 104 cm³/mol. The predicted octanol–water partition coefficient (Wildman–Crippen LogP) is 0.00370. The maximum atomic E-state index is 13.2. The Morgan fingerprint density at radius 2 is 1.93 bits per heavy atom. The van der Waals surface area contributed by atoms with Crippen LogP contribution in [0.3, 0.4) is 0 Å². The summed E-state index contributed by atoms with van der Waals surface area (Å²) in [5.74, 6) is -0.442. The first-order chi connectivity index (χ1) is 13.2. The van der Waals surface area contributed by atoms with Crippen molar-refractivity contribution < 1.29 is 18.0 Å². The fourth-order valence-electron chi connectivity index (χ4n) is 4.74. The fraction of sp³-hybridized carbons (Fsp3) is 0.889. The van der Waals surface area contributed by atoms with Gasteiger partial charge in [-0.25, -0.2) is 17.9 Å². The quantitative estimate of drug-likeness (QED) is 0.585. The molecule has 4 rings (SSSR count). The van der Waals surface area contributed by atoms with Crippen molar-refractivity contribution in [3.63, 3.8) is 0 Å². The van der Waals surface area contributed by atoms with E-state index < -0.39 is 21.2 Å². The summed E-state index contributed by atoms with van der Waals surface area (Å²) >= 11 is 0. The Bertz CT molecular complexity index is 747. The number of nitrogens with zero attached hydrogens (tertiary/aromatic N) is 2. The van der Waals surface area contributed by atoms with Gasteiger partial charge in [-0.1, -0.05) is 0 Å². The van der Waals surface area contributed by atoms with Crippen molar-refractivity contribution in [2.45, 2.75) is 62.3 Å². The summed E-state index contributed by atoms with van der Waals surface area (Å²) in [5.41, 5.74) is 5.82. The average Bonchev–Trinajstić information content (AvgIpc) is 3.39. The maximum absolute atomic E-state index is 13.2. The number of fused-ring (bicyclic) bond motifs is 1. The molecule has 0 aromatic rings. The van der Waals surface area contributed by atoms with Crippen LogP contribution in [0.15, 0.2) is 0 Å². The van der Waals surface area contributed by atoms with Gasteiger partial charge in [0.25, 0.3) is 0 Å². The summed E-state index contributed by atoms with van der Waals surface area (Å²) in [6.45, 7) is 3.80. The Labute approximate surface area is 166 Å². The molecule has 2 saturated heterocycles. The van der Waals surface area contributed by atoms with E-state index in [4.69, 9.17) is 0 Å². The molecule has 3 N–H and O–H groups in total. The highest BCUT2D eigenvalue weighted by atomic mass is 32.2. The molecule has 0 aromatic heterocycles. The van der Waals surface area contributed by atoms with Crippen LogP contribution in [0.25, 0.3) is 0 Å². The summed E-state index contributed by atoms with van der Waals surface area (Å²) < 4.78 is 28.5. The van der Waals surface area contributed by atoms with Crippen LogP contribution in [0.1, 0.15) is 45.4 Å². The Balaban J connectivity index is 1.48. The first-order valence-electron chi connectivity index (χ1n) is 10.3. The van der Waals surface area contributed by atoms with Gasteiger partial charge in [0.15, 0.2) is 0 Å². The van der Waals surface area contributed by atoms with Crippen LogP contribution in [-0.4, -0.2) is 73.7 Å². The van der Waals surface area contributed by atoms with E-state index in [1.165, 1.54) is 4.90 Å². The van der Waals surface area contributed by atoms with Gasteiger partial charge in [-0.3, -0.25) is 20.5 Å². The highest BCUT2D eigenvalue weighted by Crippen LogP contribution is 2.39. The molecule has 4 aliphatic rings. The van der Waals surface area contributed by atoms with E-state index in [-0.39, 0.29) is 35.9 Å². The van der Waals surface area contributed by atoms with Crippen molar-refractivity contribution in [3.8, 4) is 0 Å². The maximum Gasteiger partial charge on any atom is 0.326 e. The minimum Gasteiger partial charge on any atom is -0.324 e. The zero-order valence-corrected chi connectivity index (χ0v) is 17.4. The van der Waals surface area contributed by atoms with Crippen molar-refractivity contribution in [2.24, 2.45) is 11.8 Å². The van der Waals surface area contributed by atoms with Crippen LogP contribution >= 0.6 is 0 Å². The Morgan fingerprint density at radius 1 is 1.18 bits per heavy atom. The van der Waals surface area contributed by atoms with Crippen LogP contribution in [0, 0.1) is 11.8 Å². The number of nitrogens with one attached hydrogen (secondary N) is 3. The Kier molecular flexibility index (Phi) is 5.18. The molecule has 4 atom stereocenters. The number of urea groups is 1. The van der Waals surface area contributed by atoms with Gasteiger partial charge in [-0.15, -0.1) is 0 Å². The lowest BCUT2D eigenvalue weighted by Gasteiger charge is -2.47. The van der Waals surface area contributed by atoms with Gasteiger partial charge < -0.3 is 4.90 Å². The summed E-state index contributed by atoms with van der Waals surface area (Å²) in [6, 6.07) is -0.458. The molecule has 2 aliphatic heterocycles. The molecule has 9 nitrogen and oxygen atoms in total. The first kappa shape index (κ1) is 20.1. The standard InChI is InChI=1S/C18H31N5O4S/c1-18(6-7-18)21-28(26,27)13-3-4-15-14(9-13)16(24)23(17(25)22(15)2)11-12-5-8-19-20-10-12/h12-15,19-21H,3-11H2,1-2H3. The lowest BCUT2D eigenvalue weighted by atomic mass is 9.81. The third kappa shape index (κ3) is 3.79.